The van der Waals surface area contributed by atoms with Crippen LogP contribution in [0, 0.1) is 5.92 Å². The van der Waals surface area contributed by atoms with E-state index in [1.807, 2.05) is 6.07 Å². The van der Waals surface area contributed by atoms with E-state index in [0.717, 1.165) is 68.6 Å². The van der Waals surface area contributed by atoms with Gasteiger partial charge in [-0.05, 0) is 102 Å². The number of benzene rings is 3. The van der Waals surface area contributed by atoms with Gasteiger partial charge < -0.3 is 20.3 Å². The molecule has 0 radical (unpaired) electrons. The van der Waals surface area contributed by atoms with Crippen molar-refractivity contribution < 1.29 is 50.9 Å². The first-order valence-corrected chi connectivity index (χ1v) is 12.9. The highest BCUT2D eigenvalue weighted by atomic mass is 19.4. The monoisotopic (exact) mass is 583 g/mol. The van der Waals surface area contributed by atoms with Crippen LogP contribution in [0.2, 0.25) is 0 Å². The van der Waals surface area contributed by atoms with E-state index in [2.05, 4.69) is 5.32 Å². The third-order valence-corrected chi connectivity index (χ3v) is 7.48. The summed E-state index contributed by atoms with van der Waals surface area (Å²) in [5.74, 6) is -2.33. The number of fused-ring (bicyclic) bond motifs is 3. The third-order valence-electron chi connectivity index (χ3n) is 7.48. The molecule has 6 nitrogen and oxygen atoms in total. The maximum atomic E-state index is 13.5. The molecule has 3 aromatic carbocycles. The number of piperidine rings is 1. The molecular formula is C29H27F6NO5. The summed E-state index contributed by atoms with van der Waals surface area (Å²) in [7, 11) is 0. The number of halogens is 6. The minimum atomic E-state index is -4.60. The smallest absolute Gasteiger partial charge is 0.416 e. The summed E-state index contributed by atoms with van der Waals surface area (Å²) in [6.45, 7) is 2.21. The largest absolute Gasteiger partial charge is 0.478 e. The number of aliphatic carboxylic acids is 2. The fraction of sp³-hybridized carbons (Fsp3) is 0.379. The molecule has 2 aliphatic rings. The summed E-state index contributed by atoms with van der Waals surface area (Å²) in [4.78, 5) is 19.1. The first-order valence-electron chi connectivity index (χ1n) is 12.9. The van der Waals surface area contributed by atoms with Crippen LogP contribution in [0.4, 0.5) is 26.3 Å². The molecule has 0 aromatic heterocycles. The molecule has 2 aliphatic heterocycles. The van der Waals surface area contributed by atoms with Crippen LogP contribution in [0.3, 0.4) is 0 Å². The van der Waals surface area contributed by atoms with Gasteiger partial charge >= 0.3 is 24.3 Å². The summed E-state index contributed by atoms with van der Waals surface area (Å²) in [5, 5.41) is 20.3. The summed E-state index contributed by atoms with van der Waals surface area (Å²) in [6.07, 6.45) is -4.78. The van der Waals surface area contributed by atoms with E-state index in [4.69, 9.17) is 14.9 Å². The predicted octanol–water partition coefficient (Wildman–Crippen LogP) is 6.75. The van der Waals surface area contributed by atoms with Gasteiger partial charge in [0.1, 0.15) is 0 Å². The van der Waals surface area contributed by atoms with E-state index >= 15 is 0 Å². The molecule has 0 saturated carbocycles. The molecule has 0 spiro atoms. The molecule has 0 aliphatic carbocycles. The minimum Gasteiger partial charge on any atom is -0.478 e. The number of alkyl halides is 6. The first-order chi connectivity index (χ1) is 19.2. The minimum absolute atomic E-state index is 0.160. The van der Waals surface area contributed by atoms with E-state index in [1.165, 1.54) is 12.1 Å². The van der Waals surface area contributed by atoms with Gasteiger partial charge in [-0.2, -0.15) is 26.3 Å². The van der Waals surface area contributed by atoms with Crippen molar-refractivity contribution >= 4 is 33.5 Å². The quantitative estimate of drug-likeness (QED) is 0.179. The molecule has 1 atom stereocenters. The lowest BCUT2D eigenvalue weighted by molar-refractivity contribution is -0.138. The number of hydrogen-bond donors (Lipinski definition) is 3. The average Bonchev–Trinajstić information content (AvgIpc) is 3.42. The topological polar surface area (TPSA) is 95.9 Å². The SMILES string of the molecule is FC(F)(F)c1ccc2cc(C3(C4CCNCC4)CCCO3)c3ccc(C(F)(F)F)cc3c2c1.O=C(O)C=CC(=O)O. The van der Waals surface area contributed by atoms with Gasteiger partial charge in [-0.25, -0.2) is 9.59 Å². The summed E-state index contributed by atoms with van der Waals surface area (Å²) >= 11 is 0. The van der Waals surface area contributed by atoms with Crippen molar-refractivity contribution in [3.63, 3.8) is 0 Å². The Morgan fingerprint density at radius 1 is 0.829 bits per heavy atom. The highest BCUT2D eigenvalue weighted by molar-refractivity contribution is 6.10. The van der Waals surface area contributed by atoms with E-state index in [1.54, 1.807) is 0 Å². The van der Waals surface area contributed by atoms with Crippen molar-refractivity contribution in [2.24, 2.45) is 5.92 Å². The number of nitrogens with one attached hydrogen (secondary N) is 1. The first kappa shape index (κ1) is 30.3. The number of hydrogen-bond acceptors (Lipinski definition) is 4. The molecule has 220 valence electrons. The van der Waals surface area contributed by atoms with Crippen LogP contribution in [0.25, 0.3) is 21.5 Å². The van der Waals surface area contributed by atoms with Gasteiger partial charge in [0.05, 0.1) is 16.7 Å². The van der Waals surface area contributed by atoms with Gasteiger partial charge in [0.25, 0.3) is 0 Å². The molecule has 2 fully saturated rings. The van der Waals surface area contributed by atoms with Crippen LogP contribution in [0.15, 0.2) is 54.6 Å². The molecule has 3 aromatic rings. The zero-order valence-electron chi connectivity index (χ0n) is 21.6. The van der Waals surface area contributed by atoms with E-state index < -0.39 is 41.0 Å². The van der Waals surface area contributed by atoms with Crippen LogP contribution in [0.1, 0.15) is 42.4 Å². The Morgan fingerprint density at radius 3 is 1.90 bits per heavy atom. The lowest BCUT2D eigenvalue weighted by Gasteiger charge is -2.40. The van der Waals surface area contributed by atoms with Crippen LogP contribution in [-0.2, 0) is 32.3 Å². The predicted molar refractivity (Wildman–Crippen MR) is 138 cm³/mol. The Balaban J connectivity index is 0.000000426. The molecule has 1 unspecified atom stereocenters. The number of rotatable bonds is 4. The molecule has 3 N–H and O–H groups in total. The molecule has 5 rings (SSSR count). The van der Waals surface area contributed by atoms with Gasteiger partial charge in [0, 0.05) is 18.8 Å². The fourth-order valence-electron chi connectivity index (χ4n) is 5.70. The van der Waals surface area contributed by atoms with Gasteiger partial charge in [0.2, 0.25) is 0 Å². The van der Waals surface area contributed by atoms with Crippen molar-refractivity contribution in [1.82, 2.24) is 5.32 Å². The summed E-state index contributed by atoms with van der Waals surface area (Å²) < 4.78 is 87.2. The maximum Gasteiger partial charge on any atom is 0.416 e. The van der Waals surface area contributed by atoms with Crippen LogP contribution < -0.4 is 5.32 Å². The molecule has 0 amide bonds. The molecule has 12 heteroatoms. The molecule has 2 saturated heterocycles. The maximum absolute atomic E-state index is 13.5. The van der Waals surface area contributed by atoms with Crippen molar-refractivity contribution in [2.45, 2.75) is 43.6 Å². The van der Waals surface area contributed by atoms with Gasteiger partial charge in [0.15, 0.2) is 0 Å². The Hall–Kier alpha value is -3.64. The van der Waals surface area contributed by atoms with E-state index in [0.29, 0.717) is 29.5 Å². The highest BCUT2D eigenvalue weighted by Gasteiger charge is 2.46. The average molecular weight is 584 g/mol. The van der Waals surface area contributed by atoms with Gasteiger partial charge in [-0.3, -0.25) is 0 Å². The molecule has 41 heavy (non-hydrogen) atoms. The number of carbonyl (C=O) groups is 2. The van der Waals surface area contributed by atoms with Crippen LogP contribution in [0.5, 0.6) is 0 Å². The second-order valence-corrected chi connectivity index (χ2v) is 9.99. The zero-order chi connectivity index (χ0) is 30.0. The normalized spacial score (nSPS) is 20.3. The second kappa shape index (κ2) is 11.7. The third kappa shape index (κ3) is 6.65. The van der Waals surface area contributed by atoms with Crippen molar-refractivity contribution in [2.75, 3.05) is 19.7 Å². The Morgan fingerprint density at radius 2 is 1.39 bits per heavy atom. The van der Waals surface area contributed by atoms with Crippen molar-refractivity contribution in [1.29, 1.82) is 0 Å². The summed E-state index contributed by atoms with van der Waals surface area (Å²) in [5.41, 5.74) is -1.64. The fourth-order valence-corrected chi connectivity index (χ4v) is 5.70. The Labute approximate surface area is 230 Å². The van der Waals surface area contributed by atoms with Crippen molar-refractivity contribution in [3.05, 3.63) is 71.3 Å². The van der Waals surface area contributed by atoms with E-state index in [-0.39, 0.29) is 16.7 Å². The number of ether oxygens (including phenoxy) is 1. The Bertz CT molecular complexity index is 1450. The molecule has 2 heterocycles. The second-order valence-electron chi connectivity index (χ2n) is 9.99. The van der Waals surface area contributed by atoms with Gasteiger partial charge in [-0.15, -0.1) is 0 Å². The summed E-state index contributed by atoms with van der Waals surface area (Å²) in [6, 6.07) is 8.51. The number of carboxylic acid groups (broad SMARTS) is 2. The number of carboxylic acids is 2. The molecular weight excluding hydrogens is 556 g/mol. The van der Waals surface area contributed by atoms with Crippen molar-refractivity contribution in [3.8, 4) is 0 Å². The standard InChI is InChI=1S/C25H23F6NO.C4H4O4/c26-24(27,28)17-3-2-15-12-22(23(8-1-11-33-23)16-6-9-32-10-7-16)19-5-4-18(25(29,30)31)14-21(19)20(15)13-17;5-3(6)1-2-4(7)8/h2-5,12-14,16,32H,1,6-11H2;1-2H,(H,5,6)(H,7,8). The zero-order valence-corrected chi connectivity index (χ0v) is 21.6. The Kier molecular flexibility index (Phi) is 8.65. The highest BCUT2D eigenvalue weighted by Crippen LogP contribution is 2.50. The van der Waals surface area contributed by atoms with Crippen LogP contribution >= 0.6 is 0 Å². The lowest BCUT2D eigenvalue weighted by Crippen LogP contribution is -2.41. The molecule has 0 bridgehead atoms. The lowest BCUT2D eigenvalue weighted by atomic mass is 9.72. The van der Waals surface area contributed by atoms with Gasteiger partial charge in [-0.1, -0.05) is 12.1 Å². The van der Waals surface area contributed by atoms with Crippen LogP contribution in [-0.4, -0.2) is 41.8 Å². The van der Waals surface area contributed by atoms with E-state index in [9.17, 15) is 35.9 Å².